The minimum Gasteiger partial charge on any atom is -0.350 e. The number of nitrogens with one attached hydrogen (secondary N) is 1. The minimum atomic E-state index is -4.44. The fourth-order valence-corrected chi connectivity index (χ4v) is 5.11. The summed E-state index contributed by atoms with van der Waals surface area (Å²) in [6, 6.07) is 22.0. The van der Waals surface area contributed by atoms with Gasteiger partial charge in [0, 0.05) is 17.9 Å². The maximum absolute atomic E-state index is 13.4. The summed E-state index contributed by atoms with van der Waals surface area (Å²) in [5, 5.41) is 2.31. The maximum atomic E-state index is 13.4. The normalized spacial score (nSPS) is 18.2. The van der Waals surface area contributed by atoms with Gasteiger partial charge in [-0.2, -0.15) is 13.2 Å². The highest BCUT2D eigenvalue weighted by molar-refractivity contribution is 7.99. The Hall–Kier alpha value is -3.26. The van der Waals surface area contributed by atoms with Crippen LogP contribution in [-0.2, 0) is 17.5 Å². The first kappa shape index (κ1) is 22.9. The lowest BCUT2D eigenvalue weighted by Crippen LogP contribution is -2.47. The Morgan fingerprint density at radius 2 is 1.52 bits per heavy atom. The van der Waals surface area contributed by atoms with Gasteiger partial charge in [0.05, 0.1) is 5.56 Å². The molecule has 0 radical (unpaired) electrons. The van der Waals surface area contributed by atoms with E-state index in [0.29, 0.717) is 23.4 Å². The fraction of sp³-hybridized carbons (Fsp3) is 0.200. The number of amides is 2. The lowest BCUT2D eigenvalue weighted by atomic mass is 10.1. The van der Waals surface area contributed by atoms with Gasteiger partial charge in [0.1, 0.15) is 11.4 Å². The van der Waals surface area contributed by atoms with Gasteiger partial charge in [-0.3, -0.25) is 9.59 Å². The summed E-state index contributed by atoms with van der Waals surface area (Å²) in [6.07, 6.45) is -4.44. The standard InChI is InChI=1S/C25H21F3N2O2S/c26-25(27,28)20-13-11-19(12-14-20)24-30(23(32)18-9-5-2-6-10-18)21(16-33-24)22(31)29-15-17-7-3-1-4-8-17/h1-14,21,24H,15-16H2,(H,29,31)/t21-,24-/m0/s1. The summed E-state index contributed by atoms with van der Waals surface area (Å²) in [4.78, 5) is 27.9. The molecule has 0 unspecified atom stereocenters. The predicted molar refractivity (Wildman–Crippen MR) is 121 cm³/mol. The van der Waals surface area contributed by atoms with Gasteiger partial charge in [-0.25, -0.2) is 0 Å². The zero-order chi connectivity index (χ0) is 23.4. The number of benzene rings is 3. The Labute approximate surface area is 193 Å². The molecule has 1 saturated heterocycles. The molecule has 0 aliphatic carbocycles. The SMILES string of the molecule is O=C(NCc1ccccc1)[C@@H]1CS[C@@H](c2ccc(C(F)(F)F)cc2)N1C(=O)c1ccccc1. The number of carbonyl (C=O) groups excluding carboxylic acids is 2. The Balaban J connectivity index is 1.60. The molecule has 4 rings (SSSR count). The predicted octanol–water partition coefficient (Wildman–Crippen LogP) is 5.28. The van der Waals surface area contributed by atoms with Crippen LogP contribution in [0.4, 0.5) is 13.2 Å². The van der Waals surface area contributed by atoms with Crippen molar-refractivity contribution in [2.75, 3.05) is 5.75 Å². The first-order valence-electron chi connectivity index (χ1n) is 10.3. The smallest absolute Gasteiger partial charge is 0.350 e. The molecular formula is C25H21F3N2O2S. The van der Waals surface area contributed by atoms with Crippen LogP contribution in [0, 0.1) is 0 Å². The molecule has 2 atom stereocenters. The average Bonchev–Trinajstić information content (AvgIpc) is 3.28. The molecule has 2 amide bonds. The Morgan fingerprint density at radius 1 is 0.909 bits per heavy atom. The average molecular weight is 471 g/mol. The zero-order valence-electron chi connectivity index (χ0n) is 17.5. The van der Waals surface area contributed by atoms with E-state index in [2.05, 4.69) is 5.32 Å². The minimum absolute atomic E-state index is 0.301. The second kappa shape index (κ2) is 9.70. The van der Waals surface area contributed by atoms with Crippen LogP contribution in [0.25, 0.3) is 0 Å². The van der Waals surface area contributed by atoms with Crippen LogP contribution in [-0.4, -0.2) is 28.5 Å². The molecule has 3 aromatic carbocycles. The van der Waals surface area contributed by atoms with Gasteiger partial charge in [-0.1, -0.05) is 60.7 Å². The number of hydrogen-bond acceptors (Lipinski definition) is 3. The monoisotopic (exact) mass is 470 g/mol. The van der Waals surface area contributed by atoms with Gasteiger partial charge >= 0.3 is 6.18 Å². The molecule has 0 aromatic heterocycles. The molecule has 4 nitrogen and oxygen atoms in total. The van der Waals surface area contributed by atoms with Crippen LogP contribution in [0.2, 0.25) is 0 Å². The van der Waals surface area contributed by atoms with Crippen LogP contribution in [0.1, 0.15) is 32.4 Å². The molecule has 1 aliphatic heterocycles. The number of carbonyl (C=O) groups is 2. The molecule has 1 aliphatic rings. The molecule has 3 aromatic rings. The highest BCUT2D eigenvalue weighted by Gasteiger charge is 2.42. The van der Waals surface area contributed by atoms with Gasteiger partial charge in [0.25, 0.3) is 5.91 Å². The number of halogens is 3. The number of rotatable bonds is 5. The van der Waals surface area contributed by atoms with Gasteiger partial charge in [-0.15, -0.1) is 11.8 Å². The summed E-state index contributed by atoms with van der Waals surface area (Å²) >= 11 is 1.36. The van der Waals surface area contributed by atoms with E-state index in [9.17, 15) is 22.8 Å². The number of nitrogens with zero attached hydrogens (tertiary/aromatic N) is 1. The first-order valence-corrected chi connectivity index (χ1v) is 11.4. The molecule has 1 N–H and O–H groups in total. The van der Waals surface area contributed by atoms with Gasteiger partial charge < -0.3 is 10.2 Å². The third kappa shape index (κ3) is 5.22. The summed E-state index contributed by atoms with van der Waals surface area (Å²) in [6.45, 7) is 0.319. The van der Waals surface area contributed by atoms with Crippen molar-refractivity contribution in [2.24, 2.45) is 0 Å². The highest BCUT2D eigenvalue weighted by Crippen LogP contribution is 2.43. The van der Waals surface area contributed by atoms with Crippen LogP contribution in [0.3, 0.4) is 0 Å². The van der Waals surface area contributed by atoms with Crippen molar-refractivity contribution in [1.29, 1.82) is 0 Å². The van der Waals surface area contributed by atoms with E-state index in [-0.39, 0.29) is 11.8 Å². The molecule has 8 heteroatoms. The van der Waals surface area contributed by atoms with Crippen molar-refractivity contribution in [3.63, 3.8) is 0 Å². The Morgan fingerprint density at radius 3 is 2.12 bits per heavy atom. The van der Waals surface area contributed by atoms with E-state index in [1.165, 1.54) is 28.8 Å². The van der Waals surface area contributed by atoms with Gasteiger partial charge in [0.2, 0.25) is 5.91 Å². The third-order valence-electron chi connectivity index (χ3n) is 5.39. The van der Waals surface area contributed by atoms with Crippen molar-refractivity contribution in [2.45, 2.75) is 24.1 Å². The van der Waals surface area contributed by atoms with Crippen molar-refractivity contribution in [1.82, 2.24) is 10.2 Å². The molecule has 0 bridgehead atoms. The lowest BCUT2D eigenvalue weighted by molar-refractivity contribution is -0.137. The van der Waals surface area contributed by atoms with Gasteiger partial charge in [0.15, 0.2) is 0 Å². The van der Waals surface area contributed by atoms with E-state index >= 15 is 0 Å². The molecule has 1 heterocycles. The van der Waals surface area contributed by atoms with Crippen molar-refractivity contribution >= 4 is 23.6 Å². The molecule has 170 valence electrons. The van der Waals surface area contributed by atoms with Crippen LogP contribution in [0.15, 0.2) is 84.9 Å². The fourth-order valence-electron chi connectivity index (χ4n) is 3.68. The summed E-state index contributed by atoms with van der Waals surface area (Å²) in [5.74, 6) is -0.305. The van der Waals surface area contributed by atoms with Crippen molar-refractivity contribution < 1.29 is 22.8 Å². The second-order valence-electron chi connectivity index (χ2n) is 7.60. The Bertz CT molecular complexity index is 1110. The Kier molecular flexibility index (Phi) is 6.74. The van der Waals surface area contributed by atoms with Crippen molar-refractivity contribution in [3.8, 4) is 0 Å². The van der Waals surface area contributed by atoms with Crippen LogP contribution < -0.4 is 5.32 Å². The molecular weight excluding hydrogens is 449 g/mol. The zero-order valence-corrected chi connectivity index (χ0v) is 18.3. The van der Waals surface area contributed by atoms with E-state index in [1.54, 1.807) is 30.3 Å². The van der Waals surface area contributed by atoms with Gasteiger partial charge in [-0.05, 0) is 35.4 Å². The first-order chi connectivity index (χ1) is 15.8. The quantitative estimate of drug-likeness (QED) is 0.552. The lowest BCUT2D eigenvalue weighted by Gasteiger charge is -2.29. The number of thioether (sulfide) groups is 1. The van der Waals surface area contributed by atoms with E-state index < -0.39 is 23.2 Å². The number of alkyl halides is 3. The summed E-state index contributed by atoms with van der Waals surface area (Å²) < 4.78 is 39.0. The summed E-state index contributed by atoms with van der Waals surface area (Å²) in [7, 11) is 0. The molecule has 33 heavy (non-hydrogen) atoms. The largest absolute Gasteiger partial charge is 0.416 e. The maximum Gasteiger partial charge on any atom is 0.416 e. The summed E-state index contributed by atoms with van der Waals surface area (Å²) in [5.41, 5.74) is 1.12. The van der Waals surface area contributed by atoms with E-state index in [4.69, 9.17) is 0 Å². The topological polar surface area (TPSA) is 49.4 Å². The van der Waals surface area contributed by atoms with Crippen LogP contribution in [0.5, 0.6) is 0 Å². The highest BCUT2D eigenvalue weighted by atomic mass is 32.2. The molecule has 1 fully saturated rings. The van der Waals surface area contributed by atoms with E-state index in [0.717, 1.165) is 17.7 Å². The van der Waals surface area contributed by atoms with Crippen molar-refractivity contribution in [3.05, 3.63) is 107 Å². The van der Waals surface area contributed by atoms with E-state index in [1.807, 2.05) is 30.3 Å². The molecule has 0 saturated carbocycles. The third-order valence-corrected chi connectivity index (χ3v) is 6.71. The number of hydrogen-bond donors (Lipinski definition) is 1. The molecule has 0 spiro atoms. The second-order valence-corrected chi connectivity index (χ2v) is 8.72. The van der Waals surface area contributed by atoms with Crippen LogP contribution >= 0.6 is 11.8 Å².